The van der Waals surface area contributed by atoms with Gasteiger partial charge in [0.2, 0.25) is 0 Å². The zero-order chi connectivity index (χ0) is 13.9. The first kappa shape index (κ1) is 12.4. The summed E-state index contributed by atoms with van der Waals surface area (Å²) in [4.78, 5) is 16.1. The standard InChI is InChI=1S/C16H14N2O2/c1-20-15-5-4-12-8-14(3-2-13(12)9-15)16(19)10-18-7-6-17-11-18/h2-9,11H,10H2,1H3. The van der Waals surface area contributed by atoms with Crippen molar-refractivity contribution in [2.45, 2.75) is 6.54 Å². The van der Waals surface area contributed by atoms with Crippen LogP contribution in [0, 0.1) is 0 Å². The quantitative estimate of drug-likeness (QED) is 0.682. The average molecular weight is 266 g/mol. The van der Waals surface area contributed by atoms with Gasteiger partial charge in [-0.2, -0.15) is 0 Å². The Morgan fingerprint density at radius 3 is 2.75 bits per heavy atom. The van der Waals surface area contributed by atoms with Gasteiger partial charge in [-0.15, -0.1) is 0 Å². The van der Waals surface area contributed by atoms with E-state index in [-0.39, 0.29) is 5.78 Å². The molecule has 3 aromatic rings. The first-order valence-corrected chi connectivity index (χ1v) is 6.33. The van der Waals surface area contributed by atoms with Gasteiger partial charge in [-0.1, -0.05) is 18.2 Å². The Labute approximate surface area is 116 Å². The molecule has 0 radical (unpaired) electrons. The highest BCUT2D eigenvalue weighted by Gasteiger charge is 2.07. The number of imidazole rings is 1. The number of carbonyl (C=O) groups is 1. The summed E-state index contributed by atoms with van der Waals surface area (Å²) < 4.78 is 6.96. The molecule has 1 aromatic heterocycles. The topological polar surface area (TPSA) is 44.1 Å². The summed E-state index contributed by atoms with van der Waals surface area (Å²) in [7, 11) is 1.64. The van der Waals surface area contributed by atoms with Gasteiger partial charge in [-0.25, -0.2) is 4.98 Å². The maximum atomic E-state index is 12.2. The number of methoxy groups -OCH3 is 1. The van der Waals surface area contributed by atoms with Crippen LogP contribution in [0.1, 0.15) is 10.4 Å². The molecule has 0 saturated carbocycles. The molecule has 1 heterocycles. The maximum absolute atomic E-state index is 12.2. The number of hydrogen-bond acceptors (Lipinski definition) is 3. The lowest BCUT2D eigenvalue weighted by atomic mass is 10.0. The summed E-state index contributed by atoms with van der Waals surface area (Å²) >= 11 is 0. The van der Waals surface area contributed by atoms with Crippen molar-refractivity contribution in [2.24, 2.45) is 0 Å². The molecule has 0 aliphatic carbocycles. The van der Waals surface area contributed by atoms with E-state index in [1.165, 1.54) is 0 Å². The van der Waals surface area contributed by atoms with E-state index >= 15 is 0 Å². The Hall–Kier alpha value is -2.62. The summed E-state index contributed by atoms with van der Waals surface area (Å²) in [5, 5.41) is 2.09. The molecule has 0 saturated heterocycles. The van der Waals surface area contributed by atoms with Crippen LogP contribution in [0.2, 0.25) is 0 Å². The maximum Gasteiger partial charge on any atom is 0.182 e. The Balaban J connectivity index is 1.90. The fourth-order valence-electron chi connectivity index (χ4n) is 2.16. The lowest BCUT2D eigenvalue weighted by Crippen LogP contribution is -2.08. The van der Waals surface area contributed by atoms with Gasteiger partial charge in [0.25, 0.3) is 0 Å². The number of ketones is 1. The number of fused-ring (bicyclic) bond motifs is 1. The summed E-state index contributed by atoms with van der Waals surface area (Å²) in [5.41, 5.74) is 0.705. The van der Waals surface area contributed by atoms with Gasteiger partial charge in [-0.05, 0) is 29.0 Å². The third-order valence-electron chi connectivity index (χ3n) is 3.25. The number of benzene rings is 2. The van der Waals surface area contributed by atoms with Gasteiger partial charge in [0.15, 0.2) is 5.78 Å². The number of aromatic nitrogens is 2. The SMILES string of the molecule is COc1ccc2cc(C(=O)Cn3ccnc3)ccc2c1. The molecule has 0 aliphatic rings. The molecule has 4 nitrogen and oxygen atoms in total. The van der Waals surface area contributed by atoms with Gasteiger partial charge in [0, 0.05) is 18.0 Å². The monoisotopic (exact) mass is 266 g/mol. The molecule has 0 aliphatic heterocycles. The third kappa shape index (κ3) is 2.40. The van der Waals surface area contributed by atoms with E-state index < -0.39 is 0 Å². The highest BCUT2D eigenvalue weighted by molar-refractivity contribution is 6.00. The van der Waals surface area contributed by atoms with E-state index in [1.807, 2.05) is 36.4 Å². The van der Waals surface area contributed by atoms with Gasteiger partial charge in [0.1, 0.15) is 5.75 Å². The van der Waals surface area contributed by atoms with E-state index in [4.69, 9.17) is 4.74 Å². The fourth-order valence-corrected chi connectivity index (χ4v) is 2.16. The van der Waals surface area contributed by atoms with Gasteiger partial charge in [-0.3, -0.25) is 4.79 Å². The van der Waals surface area contributed by atoms with Crippen LogP contribution in [0.25, 0.3) is 10.8 Å². The number of Topliss-reactive ketones (excluding diaryl/α,β-unsaturated/α-hetero) is 1. The summed E-state index contributed by atoms with van der Waals surface area (Å²) in [6.45, 7) is 0.307. The van der Waals surface area contributed by atoms with Crippen molar-refractivity contribution in [3.63, 3.8) is 0 Å². The van der Waals surface area contributed by atoms with E-state index in [0.29, 0.717) is 12.1 Å². The zero-order valence-electron chi connectivity index (χ0n) is 11.1. The number of carbonyl (C=O) groups excluding carboxylic acids is 1. The zero-order valence-corrected chi connectivity index (χ0v) is 11.1. The molecule has 2 aromatic carbocycles. The van der Waals surface area contributed by atoms with Gasteiger partial charge < -0.3 is 9.30 Å². The molecule has 0 bridgehead atoms. The van der Waals surface area contributed by atoms with E-state index in [2.05, 4.69) is 4.98 Å². The fraction of sp³-hybridized carbons (Fsp3) is 0.125. The smallest absolute Gasteiger partial charge is 0.182 e. The number of nitrogens with zero attached hydrogens (tertiary/aromatic N) is 2. The van der Waals surface area contributed by atoms with Crippen molar-refractivity contribution in [1.82, 2.24) is 9.55 Å². The molecule has 0 fully saturated rings. The Morgan fingerprint density at radius 1 is 1.20 bits per heavy atom. The minimum Gasteiger partial charge on any atom is -0.497 e. The highest BCUT2D eigenvalue weighted by atomic mass is 16.5. The summed E-state index contributed by atoms with van der Waals surface area (Å²) in [6.07, 6.45) is 5.09. The lowest BCUT2D eigenvalue weighted by molar-refractivity contribution is 0.0972. The van der Waals surface area contributed by atoms with Crippen LogP contribution >= 0.6 is 0 Å². The molecule has 20 heavy (non-hydrogen) atoms. The van der Waals surface area contributed by atoms with Crippen molar-refractivity contribution in [3.05, 3.63) is 60.7 Å². The molecular formula is C16H14N2O2. The van der Waals surface area contributed by atoms with E-state index in [0.717, 1.165) is 16.5 Å². The molecule has 100 valence electrons. The largest absolute Gasteiger partial charge is 0.497 e. The van der Waals surface area contributed by atoms with Crippen molar-refractivity contribution in [2.75, 3.05) is 7.11 Å². The van der Waals surface area contributed by atoms with Gasteiger partial charge >= 0.3 is 0 Å². The predicted molar refractivity (Wildman–Crippen MR) is 77.1 cm³/mol. The normalized spacial score (nSPS) is 10.7. The third-order valence-corrected chi connectivity index (χ3v) is 3.25. The van der Waals surface area contributed by atoms with Crippen LogP contribution < -0.4 is 4.74 Å². The van der Waals surface area contributed by atoms with Crippen molar-refractivity contribution in [1.29, 1.82) is 0 Å². The second kappa shape index (κ2) is 5.17. The van der Waals surface area contributed by atoms with Crippen LogP contribution in [0.3, 0.4) is 0 Å². The van der Waals surface area contributed by atoms with Crippen LogP contribution in [-0.4, -0.2) is 22.4 Å². The molecule has 0 N–H and O–H groups in total. The lowest BCUT2D eigenvalue weighted by Gasteiger charge is -2.06. The minimum atomic E-state index is 0.0701. The van der Waals surface area contributed by atoms with E-state index in [1.54, 1.807) is 30.4 Å². The van der Waals surface area contributed by atoms with Crippen LogP contribution in [0.4, 0.5) is 0 Å². The Bertz CT molecular complexity index is 748. The summed E-state index contributed by atoms with van der Waals surface area (Å²) in [6, 6.07) is 11.5. The molecule has 0 unspecified atom stereocenters. The number of ether oxygens (including phenoxy) is 1. The molecule has 0 atom stereocenters. The highest BCUT2D eigenvalue weighted by Crippen LogP contribution is 2.22. The Morgan fingerprint density at radius 2 is 2.00 bits per heavy atom. The van der Waals surface area contributed by atoms with E-state index in [9.17, 15) is 4.79 Å². The molecule has 3 rings (SSSR count). The second-order valence-electron chi connectivity index (χ2n) is 4.59. The van der Waals surface area contributed by atoms with Crippen molar-refractivity contribution in [3.8, 4) is 5.75 Å². The van der Waals surface area contributed by atoms with Gasteiger partial charge in [0.05, 0.1) is 20.0 Å². The number of rotatable bonds is 4. The van der Waals surface area contributed by atoms with Crippen molar-refractivity contribution >= 4 is 16.6 Å². The summed E-state index contributed by atoms with van der Waals surface area (Å²) in [5.74, 6) is 0.885. The number of hydrogen-bond donors (Lipinski definition) is 0. The van der Waals surface area contributed by atoms with Crippen LogP contribution in [-0.2, 0) is 6.54 Å². The average Bonchev–Trinajstić information content (AvgIpc) is 2.99. The first-order valence-electron chi connectivity index (χ1n) is 6.33. The predicted octanol–water partition coefficient (Wildman–Crippen LogP) is 2.93. The molecule has 0 amide bonds. The molecule has 0 spiro atoms. The Kier molecular flexibility index (Phi) is 3.21. The second-order valence-corrected chi connectivity index (χ2v) is 4.59. The van der Waals surface area contributed by atoms with Crippen molar-refractivity contribution < 1.29 is 9.53 Å². The molecule has 4 heteroatoms. The van der Waals surface area contributed by atoms with Crippen LogP contribution in [0.5, 0.6) is 5.75 Å². The van der Waals surface area contributed by atoms with Crippen LogP contribution in [0.15, 0.2) is 55.1 Å². The molecular weight excluding hydrogens is 252 g/mol. The first-order chi connectivity index (χ1) is 9.76. The minimum absolute atomic E-state index is 0.0701.